The van der Waals surface area contributed by atoms with Crippen molar-refractivity contribution < 1.29 is 25.9 Å². The molecule has 0 unspecified atom stereocenters. The molecule has 77 heavy (non-hydrogen) atoms. The Morgan fingerprint density at radius 3 is 0.649 bits per heavy atom. The lowest BCUT2D eigenvalue weighted by Crippen LogP contribution is -2.38. The molecule has 6 nitrogen and oxygen atoms in total. The van der Waals surface area contributed by atoms with E-state index >= 15 is 0 Å². The summed E-state index contributed by atoms with van der Waals surface area (Å²) in [5.41, 5.74) is 3.39. The van der Waals surface area contributed by atoms with Gasteiger partial charge in [0, 0.05) is 16.9 Å². The van der Waals surface area contributed by atoms with Crippen LogP contribution in [0.25, 0.3) is 11.1 Å². The molecule has 11 rings (SSSR count). The molecular formula is C67H60O6P2S2. The molecular weight excluding hydrogens is 1030 g/mol. The van der Waals surface area contributed by atoms with Crippen LogP contribution in [0.4, 0.5) is 0 Å². The van der Waals surface area contributed by atoms with Gasteiger partial charge in [-0.1, -0.05) is 194 Å². The molecule has 10 aromatic rings. The molecule has 0 fully saturated rings. The van der Waals surface area contributed by atoms with Gasteiger partial charge in [0.2, 0.25) is 0 Å². The van der Waals surface area contributed by atoms with Crippen LogP contribution < -0.4 is 42.4 Å². The number of hydrogen-bond donors (Lipinski definition) is 0. The van der Waals surface area contributed by atoms with Gasteiger partial charge in [0.25, 0.3) is 0 Å². The molecule has 0 heterocycles. The van der Waals surface area contributed by atoms with Gasteiger partial charge < -0.3 is 9.11 Å². The van der Waals surface area contributed by atoms with E-state index in [0.717, 1.165) is 22.3 Å². The predicted molar refractivity (Wildman–Crippen MR) is 323 cm³/mol. The van der Waals surface area contributed by atoms with Crippen LogP contribution in [-0.4, -0.2) is 37.4 Å². The zero-order chi connectivity index (χ0) is 53.6. The Morgan fingerprint density at radius 2 is 0.455 bits per heavy atom. The molecule has 0 aromatic heterocycles. The van der Waals surface area contributed by atoms with Gasteiger partial charge in [-0.15, -0.1) is 0 Å². The van der Waals surface area contributed by atoms with Crippen molar-refractivity contribution in [2.24, 2.45) is 0 Å². The van der Waals surface area contributed by atoms with Gasteiger partial charge in [-0.2, -0.15) is 0 Å². The summed E-state index contributed by atoms with van der Waals surface area (Å²) < 4.78 is 66.4. The summed E-state index contributed by atoms with van der Waals surface area (Å²) in [5, 5.41) is 11.1. The van der Waals surface area contributed by atoms with Crippen molar-refractivity contribution in [2.75, 3.05) is 11.5 Å². The first-order chi connectivity index (χ1) is 37.5. The Morgan fingerprint density at radius 1 is 0.273 bits per heavy atom. The van der Waals surface area contributed by atoms with Gasteiger partial charge in [-0.25, -0.2) is 16.8 Å². The second kappa shape index (κ2) is 24.9. The van der Waals surface area contributed by atoms with Crippen molar-refractivity contribution in [3.8, 4) is 11.1 Å². The zero-order valence-electron chi connectivity index (χ0n) is 42.6. The van der Waals surface area contributed by atoms with E-state index in [1.54, 1.807) is 0 Å². The molecule has 10 aromatic carbocycles. The summed E-state index contributed by atoms with van der Waals surface area (Å²) in [6, 6.07) is 103. The highest BCUT2D eigenvalue weighted by atomic mass is 32.2. The molecule has 0 spiro atoms. The normalized spacial score (nSPS) is 12.6. The van der Waals surface area contributed by atoms with Crippen molar-refractivity contribution in [1.29, 1.82) is 0 Å². The van der Waals surface area contributed by atoms with E-state index in [1.165, 1.54) is 42.4 Å². The maximum Gasteiger partial charge on any atom is 0.144 e. The van der Waals surface area contributed by atoms with Gasteiger partial charge in [-0.3, -0.25) is 0 Å². The Hall–Kier alpha value is -7.12. The van der Waals surface area contributed by atoms with Crippen LogP contribution in [0.1, 0.15) is 36.8 Å². The minimum absolute atomic E-state index is 0.165. The van der Waals surface area contributed by atoms with E-state index in [1.807, 2.05) is 48.5 Å². The van der Waals surface area contributed by atoms with Crippen molar-refractivity contribution >= 4 is 77.2 Å². The van der Waals surface area contributed by atoms with Crippen molar-refractivity contribution in [2.45, 2.75) is 31.1 Å². The van der Waals surface area contributed by atoms with E-state index in [9.17, 15) is 25.9 Å². The average Bonchev–Trinajstić information content (AvgIpc) is 3.79. The molecule has 0 N–H and O–H groups in total. The van der Waals surface area contributed by atoms with E-state index < -0.39 is 51.7 Å². The SMILES string of the molecule is O=S(=O)([O-])CCCC1(CCCS(=O)(=O)[O-])c2ccccc2-c2ccccc21.c1ccc([P+](c2ccccc2)(c2ccccc2)c2ccccc2)cc1.c1ccc([P+](c2ccccc2)(c2ccccc2)c2ccccc2)cc1. The third-order valence-corrected chi connectivity index (χ3v) is 24.5. The standard InChI is InChI=1S/2C24H20P.C19H22O6S2/c2*1-5-13-21(14-6-1)25(22-15-7-2-8-16-22,23-17-9-3-10-18-23)24-19-11-4-12-20-24;20-26(21,22)13-5-11-19(12-6-14-27(23,24)25)17-9-3-1-7-15(17)16-8-2-4-10-18(16)19/h2*1-20H;1-4,7-10H,5-6,11-14H2,(H,20,21,22)(H,23,24,25)/q2*+1;/p-2. The summed E-state index contributed by atoms with van der Waals surface area (Å²) in [7, 11) is -12.5. The summed E-state index contributed by atoms with van der Waals surface area (Å²) in [4.78, 5) is 0. The van der Waals surface area contributed by atoms with E-state index in [4.69, 9.17) is 0 Å². The predicted octanol–water partition coefficient (Wildman–Crippen LogP) is 11.2. The molecule has 1 aliphatic carbocycles. The minimum Gasteiger partial charge on any atom is -0.748 e. The fourth-order valence-electron chi connectivity index (χ4n) is 11.2. The first-order valence-corrected chi connectivity index (χ1v) is 32.5. The van der Waals surface area contributed by atoms with Gasteiger partial charge >= 0.3 is 0 Å². The Kier molecular flexibility index (Phi) is 17.7. The highest BCUT2D eigenvalue weighted by Crippen LogP contribution is 2.56. The van der Waals surface area contributed by atoms with Crippen LogP contribution in [0.2, 0.25) is 0 Å². The lowest BCUT2D eigenvalue weighted by atomic mass is 9.71. The second-order valence-corrected chi connectivity index (χ2v) is 28.8. The molecule has 0 bridgehead atoms. The fourth-order valence-corrected chi connectivity index (χ4v) is 20.7. The molecule has 0 saturated carbocycles. The largest absolute Gasteiger partial charge is 0.748 e. The van der Waals surface area contributed by atoms with Crippen molar-refractivity contribution in [3.05, 3.63) is 302 Å². The van der Waals surface area contributed by atoms with Gasteiger partial charge in [-0.05, 0) is 145 Å². The van der Waals surface area contributed by atoms with Crippen LogP contribution in [0.3, 0.4) is 0 Å². The van der Waals surface area contributed by atoms with Crippen molar-refractivity contribution in [1.82, 2.24) is 0 Å². The first kappa shape index (κ1) is 54.7. The lowest BCUT2D eigenvalue weighted by Gasteiger charge is -2.33. The number of rotatable bonds is 16. The number of fused-ring (bicyclic) bond motifs is 3. The summed E-state index contributed by atoms with van der Waals surface area (Å²) >= 11 is 0. The van der Waals surface area contributed by atoms with Crippen LogP contribution in [0.15, 0.2) is 291 Å². The van der Waals surface area contributed by atoms with E-state index in [0.29, 0.717) is 12.8 Å². The van der Waals surface area contributed by atoms with Gasteiger partial charge in [0.1, 0.15) is 57.0 Å². The maximum absolute atomic E-state index is 11.1. The van der Waals surface area contributed by atoms with Crippen LogP contribution in [-0.2, 0) is 25.7 Å². The number of hydrogen-bond acceptors (Lipinski definition) is 6. The summed E-state index contributed by atoms with van der Waals surface area (Å²) in [5.74, 6) is -0.947. The van der Waals surface area contributed by atoms with E-state index in [2.05, 4.69) is 243 Å². The summed E-state index contributed by atoms with van der Waals surface area (Å²) in [6.45, 7) is 0. The Bertz CT molecular complexity index is 3100. The monoisotopic (exact) mass is 1090 g/mol. The van der Waals surface area contributed by atoms with Crippen LogP contribution in [0.5, 0.6) is 0 Å². The quantitative estimate of drug-likeness (QED) is 0.0703. The Balaban J connectivity index is 0.000000141. The fraction of sp³-hybridized carbons (Fsp3) is 0.104. The molecule has 0 radical (unpaired) electrons. The average molecular weight is 1090 g/mol. The molecule has 0 aliphatic heterocycles. The van der Waals surface area contributed by atoms with Gasteiger partial charge in [0.15, 0.2) is 0 Å². The second-order valence-electron chi connectivity index (χ2n) is 18.9. The summed E-state index contributed by atoms with van der Waals surface area (Å²) in [6.07, 6.45) is 1.11. The molecule has 0 saturated heterocycles. The highest BCUT2D eigenvalue weighted by molar-refractivity contribution is 8.02. The Labute approximate surface area is 456 Å². The molecule has 0 atom stereocenters. The smallest absolute Gasteiger partial charge is 0.144 e. The van der Waals surface area contributed by atoms with Crippen LogP contribution >= 0.6 is 14.5 Å². The minimum atomic E-state index is -4.34. The third kappa shape index (κ3) is 12.2. The third-order valence-electron chi connectivity index (χ3n) is 14.3. The van der Waals surface area contributed by atoms with Gasteiger partial charge in [0.05, 0.1) is 20.2 Å². The lowest BCUT2D eigenvalue weighted by molar-refractivity contribution is 0.417. The van der Waals surface area contributed by atoms with E-state index in [-0.39, 0.29) is 12.8 Å². The zero-order valence-corrected chi connectivity index (χ0v) is 46.0. The molecule has 0 amide bonds. The maximum atomic E-state index is 11.1. The topological polar surface area (TPSA) is 114 Å². The molecule has 10 heteroatoms. The number of benzene rings is 10. The molecule has 386 valence electrons. The highest BCUT2D eigenvalue weighted by Gasteiger charge is 2.49. The van der Waals surface area contributed by atoms with Crippen molar-refractivity contribution in [3.63, 3.8) is 0 Å². The molecule has 1 aliphatic rings. The van der Waals surface area contributed by atoms with Crippen LogP contribution in [0, 0.1) is 0 Å². The first-order valence-electron chi connectivity index (χ1n) is 25.8.